The van der Waals surface area contributed by atoms with Gasteiger partial charge in [-0.1, -0.05) is 199 Å². The Balaban J connectivity index is 0.0000230. The van der Waals surface area contributed by atoms with Crippen molar-refractivity contribution in [1.29, 1.82) is 5.41 Å². The van der Waals surface area contributed by atoms with Gasteiger partial charge in [0.25, 0.3) is 0 Å². The number of hydrogen-bond donors (Lipinski definition) is 2. The summed E-state index contributed by atoms with van der Waals surface area (Å²) in [6.45, 7) is 7.74. The van der Waals surface area contributed by atoms with Gasteiger partial charge >= 0.3 is 0 Å². The summed E-state index contributed by atoms with van der Waals surface area (Å²) in [5, 5.41) is 7.69. The first-order chi connectivity index (χ1) is 23.7. The summed E-state index contributed by atoms with van der Waals surface area (Å²) in [5.74, 6) is 0.0862. The molecule has 3 N–H and O–H groups in total. The Hall–Kier alpha value is -1.14. The molecular weight excluding hydrogens is 628 g/mol. The molecule has 0 aliphatic carbocycles. The van der Waals surface area contributed by atoms with Crippen molar-refractivity contribution in [2.24, 2.45) is 5.73 Å². The first kappa shape index (κ1) is 47.9. The van der Waals surface area contributed by atoms with Crippen molar-refractivity contribution in [3.63, 3.8) is 0 Å². The summed E-state index contributed by atoms with van der Waals surface area (Å²) in [6, 6.07) is 7.74. The van der Waals surface area contributed by atoms with Gasteiger partial charge < -0.3 is 19.9 Å². The molecule has 0 amide bonds. The molecule has 0 saturated heterocycles. The predicted octanol–water partition coefficient (Wildman–Crippen LogP) is 13.3. The molecule has 288 valence electrons. The number of benzene rings is 1. The normalized spacial score (nSPS) is 11.9. The lowest BCUT2D eigenvalue weighted by atomic mass is 10.0. The SMILES string of the molecule is CCCCCCCCCCCCCCCCOCC(COCc1cccc(C(=N)N)c1)OCCCCCCCCCCCCCCCC.Cl. The van der Waals surface area contributed by atoms with Gasteiger partial charge in [0.1, 0.15) is 11.9 Å². The highest BCUT2D eigenvalue weighted by atomic mass is 35.5. The molecule has 1 atom stereocenters. The van der Waals surface area contributed by atoms with Gasteiger partial charge in [-0.2, -0.15) is 0 Å². The summed E-state index contributed by atoms with van der Waals surface area (Å²) in [4.78, 5) is 0. The van der Waals surface area contributed by atoms with E-state index in [9.17, 15) is 0 Å². The molecule has 0 bridgehead atoms. The number of unbranched alkanes of at least 4 members (excludes halogenated alkanes) is 26. The molecule has 1 aromatic rings. The first-order valence-corrected chi connectivity index (χ1v) is 20.9. The van der Waals surface area contributed by atoms with E-state index in [1.807, 2.05) is 24.3 Å². The molecular formula is C43H81ClN2O3. The van der Waals surface area contributed by atoms with Crippen LogP contribution in [0.5, 0.6) is 0 Å². The van der Waals surface area contributed by atoms with E-state index in [1.54, 1.807) is 0 Å². The number of nitrogen functional groups attached to an aromatic ring is 1. The van der Waals surface area contributed by atoms with E-state index in [4.69, 9.17) is 25.4 Å². The van der Waals surface area contributed by atoms with Crippen LogP contribution in [0.2, 0.25) is 0 Å². The highest BCUT2D eigenvalue weighted by molar-refractivity contribution is 5.95. The highest BCUT2D eigenvalue weighted by Crippen LogP contribution is 2.15. The smallest absolute Gasteiger partial charge is 0.122 e. The van der Waals surface area contributed by atoms with Crippen LogP contribution in [0.3, 0.4) is 0 Å². The Morgan fingerprint density at radius 2 is 0.939 bits per heavy atom. The van der Waals surface area contributed by atoms with E-state index in [0.717, 1.165) is 37.2 Å². The zero-order valence-corrected chi connectivity index (χ0v) is 33.2. The van der Waals surface area contributed by atoms with Crippen LogP contribution in [0.1, 0.15) is 205 Å². The third-order valence-corrected chi connectivity index (χ3v) is 9.61. The lowest BCUT2D eigenvalue weighted by Gasteiger charge is -2.19. The second-order valence-electron chi connectivity index (χ2n) is 14.4. The summed E-state index contributed by atoms with van der Waals surface area (Å²) < 4.78 is 18.4. The Labute approximate surface area is 310 Å². The minimum atomic E-state index is -0.0467. The average molecular weight is 710 g/mol. The molecule has 49 heavy (non-hydrogen) atoms. The van der Waals surface area contributed by atoms with Gasteiger partial charge in [-0.05, 0) is 24.5 Å². The fraction of sp³-hybridized carbons (Fsp3) is 0.837. The predicted molar refractivity (Wildman–Crippen MR) is 216 cm³/mol. The summed E-state index contributed by atoms with van der Waals surface area (Å²) in [6.07, 6.45) is 38.2. The van der Waals surface area contributed by atoms with Crippen LogP contribution in [0, 0.1) is 5.41 Å². The lowest BCUT2D eigenvalue weighted by Crippen LogP contribution is -2.26. The van der Waals surface area contributed by atoms with Gasteiger partial charge in [0.05, 0.1) is 19.8 Å². The summed E-state index contributed by atoms with van der Waals surface area (Å²) in [5.41, 5.74) is 7.42. The molecule has 0 heterocycles. The Kier molecular flexibility index (Phi) is 37.2. The van der Waals surface area contributed by atoms with Gasteiger partial charge in [0, 0.05) is 18.8 Å². The topological polar surface area (TPSA) is 77.6 Å². The van der Waals surface area contributed by atoms with Crippen LogP contribution < -0.4 is 5.73 Å². The standard InChI is InChI=1S/C43H80N2O3.ClH/c1-3-5-7-9-11-13-15-17-19-21-23-25-27-29-34-46-38-42(39-47-37-40-32-31-33-41(36-40)43(44)45)48-35-30-28-26-24-22-20-18-16-14-12-10-8-6-4-2;/h31-33,36,42H,3-30,34-35,37-39H2,1-2H3,(H3,44,45);1H. The van der Waals surface area contributed by atoms with Crippen molar-refractivity contribution in [1.82, 2.24) is 0 Å². The van der Waals surface area contributed by atoms with Gasteiger partial charge in [0.15, 0.2) is 0 Å². The third kappa shape index (κ3) is 32.5. The molecule has 1 rings (SSSR count). The zero-order chi connectivity index (χ0) is 34.6. The molecule has 0 spiro atoms. The van der Waals surface area contributed by atoms with Gasteiger partial charge in [0.2, 0.25) is 0 Å². The molecule has 6 heteroatoms. The largest absolute Gasteiger partial charge is 0.384 e. The van der Waals surface area contributed by atoms with Crippen molar-refractivity contribution in [3.8, 4) is 0 Å². The zero-order valence-electron chi connectivity index (χ0n) is 32.4. The van der Waals surface area contributed by atoms with Gasteiger partial charge in [-0.25, -0.2) is 0 Å². The maximum atomic E-state index is 7.69. The van der Waals surface area contributed by atoms with E-state index in [2.05, 4.69) is 13.8 Å². The van der Waals surface area contributed by atoms with Crippen molar-refractivity contribution in [2.75, 3.05) is 26.4 Å². The van der Waals surface area contributed by atoms with Crippen LogP contribution in [0.25, 0.3) is 0 Å². The van der Waals surface area contributed by atoms with Crippen LogP contribution in [-0.4, -0.2) is 38.4 Å². The number of rotatable bonds is 38. The molecule has 0 aromatic heterocycles. The molecule has 0 saturated carbocycles. The molecule has 0 radical (unpaired) electrons. The monoisotopic (exact) mass is 709 g/mol. The number of ether oxygens (including phenoxy) is 3. The first-order valence-electron chi connectivity index (χ1n) is 20.9. The third-order valence-electron chi connectivity index (χ3n) is 9.61. The maximum absolute atomic E-state index is 7.69. The van der Waals surface area contributed by atoms with E-state index in [1.165, 1.54) is 167 Å². The second-order valence-corrected chi connectivity index (χ2v) is 14.4. The summed E-state index contributed by atoms with van der Waals surface area (Å²) in [7, 11) is 0. The van der Waals surface area contributed by atoms with Crippen LogP contribution >= 0.6 is 12.4 Å². The molecule has 1 unspecified atom stereocenters. The number of nitrogens with one attached hydrogen (secondary N) is 1. The summed E-state index contributed by atoms with van der Waals surface area (Å²) >= 11 is 0. The molecule has 1 aromatic carbocycles. The van der Waals surface area contributed by atoms with Crippen molar-refractivity contribution in [3.05, 3.63) is 35.4 Å². The minimum absolute atomic E-state index is 0. The van der Waals surface area contributed by atoms with Crippen LogP contribution in [0.15, 0.2) is 24.3 Å². The fourth-order valence-electron chi connectivity index (χ4n) is 6.44. The Bertz CT molecular complexity index is 824. The molecule has 0 fully saturated rings. The lowest BCUT2D eigenvalue weighted by molar-refractivity contribution is -0.0645. The fourth-order valence-corrected chi connectivity index (χ4v) is 6.44. The number of halogens is 1. The second kappa shape index (κ2) is 38.1. The molecule has 0 aliphatic heterocycles. The Morgan fingerprint density at radius 1 is 0.551 bits per heavy atom. The quantitative estimate of drug-likeness (QED) is 0.0407. The minimum Gasteiger partial charge on any atom is -0.384 e. The molecule has 5 nitrogen and oxygen atoms in total. The molecule has 0 aliphatic rings. The Morgan fingerprint density at radius 3 is 1.37 bits per heavy atom. The maximum Gasteiger partial charge on any atom is 0.122 e. The van der Waals surface area contributed by atoms with Crippen molar-refractivity contribution < 1.29 is 14.2 Å². The van der Waals surface area contributed by atoms with Gasteiger partial charge in [-0.3, -0.25) is 5.41 Å². The van der Waals surface area contributed by atoms with E-state index in [0.29, 0.717) is 19.8 Å². The number of nitrogens with two attached hydrogens (primary N) is 1. The van der Waals surface area contributed by atoms with Crippen molar-refractivity contribution >= 4 is 18.2 Å². The van der Waals surface area contributed by atoms with E-state index in [-0.39, 0.29) is 24.3 Å². The van der Waals surface area contributed by atoms with Crippen LogP contribution in [-0.2, 0) is 20.8 Å². The van der Waals surface area contributed by atoms with E-state index >= 15 is 0 Å². The number of amidine groups is 1. The van der Waals surface area contributed by atoms with Crippen molar-refractivity contribution in [2.45, 2.75) is 206 Å². The average Bonchev–Trinajstić information content (AvgIpc) is 3.09. The number of hydrogen-bond acceptors (Lipinski definition) is 4. The van der Waals surface area contributed by atoms with Crippen LogP contribution in [0.4, 0.5) is 0 Å². The highest BCUT2D eigenvalue weighted by Gasteiger charge is 2.11. The van der Waals surface area contributed by atoms with Gasteiger partial charge in [-0.15, -0.1) is 12.4 Å². The van der Waals surface area contributed by atoms with E-state index < -0.39 is 0 Å².